The van der Waals surface area contributed by atoms with E-state index in [0.29, 0.717) is 6.04 Å². The van der Waals surface area contributed by atoms with Crippen molar-refractivity contribution in [1.82, 2.24) is 35.3 Å². The number of β-lactam (4-membered cyclic amide) rings is 1. The largest absolute Gasteiger partial charge is 0.477 e. The van der Waals surface area contributed by atoms with Gasteiger partial charge in [-0.25, -0.2) is 9.48 Å². The normalized spacial score (nSPS) is 33.2. The molecule has 12 nitrogen and oxygen atoms in total. The highest BCUT2D eigenvalue weighted by Crippen LogP contribution is 2.53. The molecule has 0 spiro atoms. The monoisotopic (exact) mass is 518 g/mol. The molecule has 2 unspecified atom stereocenters. The lowest BCUT2D eigenvalue weighted by Gasteiger charge is -2.47. The van der Waals surface area contributed by atoms with E-state index in [9.17, 15) is 19.5 Å². The zero-order valence-corrected chi connectivity index (χ0v) is 21.4. The van der Waals surface area contributed by atoms with E-state index >= 15 is 0 Å². The Morgan fingerprint density at radius 3 is 2.86 bits per heavy atom. The average Bonchev–Trinajstić information content (AvgIpc) is 3.59. The standard InChI is InChI=1S/C23H34N8O4S/c1-12(5-16(32)10-30-11-26-27-28-30)18-19-13(2)21(20(23(34)35)31(19)22(18)33)36-17-6-15(25-7-17)9-29-4-3-14(24)8-29/h11-15,17-19,25H,3-10,24H2,1-2H3,(H,34,35)/t12-,13+,14+,15?,17?,18+,19+/m0/s1. The van der Waals surface area contributed by atoms with Crippen molar-refractivity contribution in [1.29, 1.82) is 0 Å². The number of tetrazole rings is 1. The number of hydrogen-bond acceptors (Lipinski definition) is 10. The third-order valence-electron chi connectivity index (χ3n) is 7.95. The summed E-state index contributed by atoms with van der Waals surface area (Å²) in [4.78, 5) is 42.6. The Hall–Kier alpha value is -2.35. The quantitative estimate of drug-likeness (QED) is 0.344. The molecule has 1 aromatic rings. The molecule has 0 radical (unpaired) electrons. The van der Waals surface area contributed by atoms with Crippen LogP contribution in [0.4, 0.5) is 0 Å². The van der Waals surface area contributed by atoms with Crippen molar-refractivity contribution in [2.45, 2.75) is 63.0 Å². The highest BCUT2D eigenvalue weighted by molar-refractivity contribution is 8.03. The second kappa shape index (κ2) is 10.2. The lowest BCUT2D eigenvalue weighted by molar-refractivity contribution is -0.160. The lowest BCUT2D eigenvalue weighted by atomic mass is 9.73. The van der Waals surface area contributed by atoms with Crippen LogP contribution in [0.15, 0.2) is 16.9 Å². The van der Waals surface area contributed by atoms with Gasteiger partial charge < -0.3 is 26.0 Å². The summed E-state index contributed by atoms with van der Waals surface area (Å²) in [6.45, 7) is 7.68. The highest BCUT2D eigenvalue weighted by atomic mass is 32.2. The van der Waals surface area contributed by atoms with Crippen molar-refractivity contribution in [2.24, 2.45) is 23.5 Å². The number of aliphatic carboxylic acids is 1. The van der Waals surface area contributed by atoms with Gasteiger partial charge in [0.15, 0.2) is 5.78 Å². The number of Topliss-reactive ketones (excluding diaryl/α,β-unsaturated/α-hetero) is 1. The van der Waals surface area contributed by atoms with Crippen molar-refractivity contribution in [3.05, 3.63) is 16.9 Å². The number of thioether (sulfide) groups is 1. The van der Waals surface area contributed by atoms with E-state index in [1.165, 1.54) is 15.9 Å². The number of nitrogens with zero attached hydrogens (tertiary/aromatic N) is 6. The number of nitrogens with one attached hydrogen (secondary N) is 1. The fraction of sp³-hybridized carbons (Fsp3) is 0.739. The molecule has 13 heteroatoms. The molecule has 7 atom stereocenters. The number of carbonyl (C=O) groups is 3. The first kappa shape index (κ1) is 25.3. The van der Waals surface area contributed by atoms with Crippen molar-refractivity contribution in [3.8, 4) is 0 Å². The molecule has 0 aliphatic carbocycles. The van der Waals surface area contributed by atoms with Crippen LogP contribution in [0.25, 0.3) is 0 Å². The van der Waals surface area contributed by atoms with Gasteiger partial charge in [-0.15, -0.1) is 16.9 Å². The second-order valence-electron chi connectivity index (χ2n) is 10.6. The van der Waals surface area contributed by atoms with Crippen molar-refractivity contribution in [3.63, 3.8) is 0 Å². The first-order valence-electron chi connectivity index (χ1n) is 12.6. The molecule has 0 saturated carbocycles. The van der Waals surface area contributed by atoms with E-state index in [0.717, 1.165) is 43.9 Å². The molecule has 3 saturated heterocycles. The highest BCUT2D eigenvalue weighted by Gasteiger charge is 2.60. The number of ketones is 1. The molecule has 4 aliphatic rings. The number of fused-ring (bicyclic) bond motifs is 1. The summed E-state index contributed by atoms with van der Waals surface area (Å²) in [5, 5.41) is 24.6. The Bertz CT molecular complexity index is 1050. The van der Waals surface area contributed by atoms with Crippen LogP contribution in [0.3, 0.4) is 0 Å². The predicted octanol–water partition coefficient (Wildman–Crippen LogP) is -0.462. The first-order chi connectivity index (χ1) is 17.2. The van der Waals surface area contributed by atoms with Gasteiger partial charge in [-0.3, -0.25) is 9.59 Å². The van der Waals surface area contributed by atoms with E-state index in [-0.39, 0.29) is 65.4 Å². The molecular formula is C23H34N8O4S. The lowest BCUT2D eigenvalue weighted by Crippen LogP contribution is -2.62. The molecule has 5 heterocycles. The van der Waals surface area contributed by atoms with Gasteiger partial charge in [0.2, 0.25) is 5.91 Å². The van der Waals surface area contributed by atoms with Gasteiger partial charge in [0.05, 0.1) is 12.0 Å². The van der Waals surface area contributed by atoms with E-state index in [1.54, 1.807) is 11.8 Å². The Labute approximate surface area is 214 Å². The van der Waals surface area contributed by atoms with Gasteiger partial charge in [-0.05, 0) is 35.7 Å². The topological polar surface area (TPSA) is 160 Å². The van der Waals surface area contributed by atoms with Crippen LogP contribution < -0.4 is 11.1 Å². The van der Waals surface area contributed by atoms with Crippen LogP contribution >= 0.6 is 11.8 Å². The minimum Gasteiger partial charge on any atom is -0.477 e. The summed E-state index contributed by atoms with van der Waals surface area (Å²) in [6.07, 6.45) is 3.58. The van der Waals surface area contributed by atoms with E-state index in [2.05, 4.69) is 25.7 Å². The SMILES string of the molecule is C[C@@H](CC(=O)Cn1cnnn1)[C@H]1C(=O)N2C(C(=O)O)=C(SC3CNC(CN4CC[C@@H](N)C4)C3)[C@H](C)[C@H]12. The maximum absolute atomic E-state index is 13.1. The number of nitrogens with two attached hydrogens (primary N) is 1. The summed E-state index contributed by atoms with van der Waals surface area (Å²) in [7, 11) is 0. The second-order valence-corrected chi connectivity index (χ2v) is 12.0. The van der Waals surface area contributed by atoms with Gasteiger partial charge in [0.1, 0.15) is 18.6 Å². The number of likely N-dealkylation sites (tertiary alicyclic amines) is 1. The molecule has 0 aromatic carbocycles. The smallest absolute Gasteiger partial charge is 0.353 e. The molecule has 3 fully saturated rings. The number of amides is 1. The molecule has 4 aliphatic heterocycles. The van der Waals surface area contributed by atoms with Gasteiger partial charge in [0, 0.05) is 54.2 Å². The van der Waals surface area contributed by atoms with Crippen LogP contribution in [0, 0.1) is 17.8 Å². The van der Waals surface area contributed by atoms with Crippen molar-refractivity contribution < 1.29 is 19.5 Å². The van der Waals surface area contributed by atoms with E-state index in [1.807, 2.05) is 13.8 Å². The predicted molar refractivity (Wildman–Crippen MR) is 131 cm³/mol. The zero-order chi connectivity index (χ0) is 25.6. The van der Waals surface area contributed by atoms with Gasteiger partial charge in [-0.2, -0.15) is 0 Å². The van der Waals surface area contributed by atoms with Crippen molar-refractivity contribution >= 4 is 29.4 Å². The van der Waals surface area contributed by atoms with Gasteiger partial charge >= 0.3 is 5.97 Å². The van der Waals surface area contributed by atoms with Crippen LogP contribution in [-0.4, -0.2) is 102 Å². The number of rotatable bonds is 10. The zero-order valence-electron chi connectivity index (χ0n) is 20.6. The Morgan fingerprint density at radius 2 is 2.19 bits per heavy atom. The third-order valence-corrected chi connectivity index (χ3v) is 9.46. The Kier molecular flexibility index (Phi) is 7.16. The molecule has 0 bridgehead atoms. The first-order valence-corrected chi connectivity index (χ1v) is 13.5. The molecule has 1 aromatic heterocycles. The van der Waals surface area contributed by atoms with Crippen molar-refractivity contribution in [2.75, 3.05) is 26.2 Å². The van der Waals surface area contributed by atoms with Gasteiger partial charge in [0.25, 0.3) is 0 Å². The molecular weight excluding hydrogens is 484 g/mol. The van der Waals surface area contributed by atoms with E-state index in [4.69, 9.17) is 5.73 Å². The molecule has 36 heavy (non-hydrogen) atoms. The summed E-state index contributed by atoms with van der Waals surface area (Å²) >= 11 is 1.61. The fourth-order valence-corrected chi connectivity index (χ4v) is 7.80. The molecule has 1 amide bonds. The van der Waals surface area contributed by atoms with Crippen LogP contribution in [0.2, 0.25) is 0 Å². The fourth-order valence-electron chi connectivity index (χ4n) is 6.28. The average molecular weight is 519 g/mol. The number of hydrogen-bond donors (Lipinski definition) is 3. The van der Waals surface area contributed by atoms with Crippen LogP contribution in [-0.2, 0) is 20.9 Å². The summed E-state index contributed by atoms with van der Waals surface area (Å²) in [5.41, 5.74) is 6.16. The van der Waals surface area contributed by atoms with Crippen LogP contribution in [0.1, 0.15) is 33.1 Å². The summed E-state index contributed by atoms with van der Waals surface area (Å²) in [6, 6.07) is 0.390. The molecule has 5 rings (SSSR count). The van der Waals surface area contributed by atoms with Gasteiger partial charge in [-0.1, -0.05) is 13.8 Å². The number of carboxylic acid groups (broad SMARTS) is 1. The maximum atomic E-state index is 13.1. The number of carbonyl (C=O) groups excluding carboxylic acids is 2. The Morgan fingerprint density at radius 1 is 1.39 bits per heavy atom. The maximum Gasteiger partial charge on any atom is 0.353 e. The van der Waals surface area contributed by atoms with Crippen LogP contribution in [0.5, 0.6) is 0 Å². The summed E-state index contributed by atoms with van der Waals surface area (Å²) in [5.74, 6) is -1.98. The third kappa shape index (κ3) is 4.81. The van der Waals surface area contributed by atoms with E-state index < -0.39 is 5.97 Å². The minimum absolute atomic E-state index is 0.0567. The molecule has 4 N–H and O–H groups in total. The Balaban J connectivity index is 1.21. The summed E-state index contributed by atoms with van der Waals surface area (Å²) < 4.78 is 1.36. The molecule has 196 valence electrons. The minimum atomic E-state index is -1.06. The number of carboxylic acids is 1. The number of aromatic nitrogens is 4.